The zero-order valence-electron chi connectivity index (χ0n) is 13.5. The van der Waals surface area contributed by atoms with Gasteiger partial charge >= 0.3 is 5.97 Å². The van der Waals surface area contributed by atoms with Crippen molar-refractivity contribution < 1.29 is 19.1 Å². The number of amides is 1. The number of aryl methyl sites for hydroxylation is 1. The second-order valence-corrected chi connectivity index (χ2v) is 6.26. The standard InChI is InChI=1S/C16H13BrFN5O3/c1-22-13(16(25)26)10(6-19-22)15(24)20-14-11(17)8-23(21-14)7-9-4-2-3-5-12(9)18/h2-6,8H,7H2,1H3,(H,25,26)(H,20,21,24). The van der Waals surface area contributed by atoms with Gasteiger partial charge in [-0.15, -0.1) is 0 Å². The Balaban J connectivity index is 1.81. The first-order chi connectivity index (χ1) is 12.4. The second-order valence-electron chi connectivity index (χ2n) is 5.40. The van der Waals surface area contributed by atoms with E-state index in [9.17, 15) is 19.1 Å². The van der Waals surface area contributed by atoms with Gasteiger partial charge in [-0.2, -0.15) is 10.2 Å². The minimum absolute atomic E-state index is 0.0875. The van der Waals surface area contributed by atoms with Crippen LogP contribution < -0.4 is 5.32 Å². The van der Waals surface area contributed by atoms with Gasteiger partial charge in [-0.3, -0.25) is 14.2 Å². The van der Waals surface area contributed by atoms with Crippen molar-refractivity contribution in [3.8, 4) is 0 Å². The lowest BCUT2D eigenvalue weighted by Crippen LogP contribution is -2.17. The van der Waals surface area contributed by atoms with Gasteiger partial charge < -0.3 is 10.4 Å². The van der Waals surface area contributed by atoms with Crippen molar-refractivity contribution in [2.45, 2.75) is 6.54 Å². The molecule has 0 unspecified atom stereocenters. The van der Waals surface area contributed by atoms with E-state index in [2.05, 4.69) is 31.4 Å². The molecule has 134 valence electrons. The number of nitrogens with zero attached hydrogens (tertiary/aromatic N) is 4. The number of hydrogen-bond acceptors (Lipinski definition) is 4. The third kappa shape index (κ3) is 3.49. The van der Waals surface area contributed by atoms with E-state index in [-0.39, 0.29) is 29.4 Å². The number of halogens is 2. The highest BCUT2D eigenvalue weighted by Gasteiger charge is 2.23. The number of benzene rings is 1. The van der Waals surface area contributed by atoms with E-state index >= 15 is 0 Å². The fraction of sp³-hybridized carbons (Fsp3) is 0.125. The number of aromatic carboxylic acids is 1. The summed E-state index contributed by atoms with van der Waals surface area (Å²) in [4.78, 5) is 23.6. The molecule has 10 heteroatoms. The van der Waals surface area contributed by atoms with Crippen LogP contribution in [-0.2, 0) is 13.6 Å². The predicted octanol–water partition coefficient (Wildman–Crippen LogP) is 2.52. The monoisotopic (exact) mass is 421 g/mol. The van der Waals surface area contributed by atoms with Crippen LogP contribution in [0.25, 0.3) is 0 Å². The number of hydrogen-bond donors (Lipinski definition) is 2. The number of nitrogens with one attached hydrogen (secondary N) is 1. The Morgan fingerprint density at radius 1 is 1.35 bits per heavy atom. The molecule has 0 radical (unpaired) electrons. The highest BCUT2D eigenvalue weighted by atomic mass is 79.9. The topological polar surface area (TPSA) is 102 Å². The molecule has 2 N–H and O–H groups in total. The summed E-state index contributed by atoms with van der Waals surface area (Å²) in [5.41, 5.74) is 0.126. The van der Waals surface area contributed by atoms with E-state index in [0.717, 1.165) is 4.68 Å². The summed E-state index contributed by atoms with van der Waals surface area (Å²) in [6, 6.07) is 6.30. The molecule has 0 aliphatic heterocycles. The summed E-state index contributed by atoms with van der Waals surface area (Å²) >= 11 is 3.27. The summed E-state index contributed by atoms with van der Waals surface area (Å²) in [7, 11) is 1.43. The Hall–Kier alpha value is -3.01. The third-order valence-electron chi connectivity index (χ3n) is 3.63. The van der Waals surface area contributed by atoms with Crippen LogP contribution in [0.1, 0.15) is 26.4 Å². The van der Waals surface area contributed by atoms with E-state index in [4.69, 9.17) is 0 Å². The van der Waals surface area contributed by atoms with E-state index < -0.39 is 11.9 Å². The number of anilines is 1. The lowest BCUT2D eigenvalue weighted by molar-refractivity contribution is 0.0680. The molecule has 0 bridgehead atoms. The summed E-state index contributed by atoms with van der Waals surface area (Å²) in [5, 5.41) is 19.7. The van der Waals surface area contributed by atoms with Gasteiger partial charge in [-0.1, -0.05) is 18.2 Å². The number of carbonyl (C=O) groups is 2. The van der Waals surface area contributed by atoms with Crippen LogP contribution in [0.3, 0.4) is 0 Å². The van der Waals surface area contributed by atoms with Crippen LogP contribution in [0.5, 0.6) is 0 Å². The molecule has 0 fully saturated rings. The van der Waals surface area contributed by atoms with Gasteiger partial charge in [0.05, 0.1) is 22.8 Å². The van der Waals surface area contributed by atoms with Gasteiger partial charge in [-0.25, -0.2) is 9.18 Å². The lowest BCUT2D eigenvalue weighted by atomic mass is 10.2. The van der Waals surface area contributed by atoms with Crippen molar-refractivity contribution in [1.82, 2.24) is 19.6 Å². The number of carbonyl (C=O) groups excluding carboxylic acids is 1. The summed E-state index contributed by atoms with van der Waals surface area (Å²) in [5.74, 6) is -2.09. The Morgan fingerprint density at radius 3 is 2.77 bits per heavy atom. The molecule has 1 amide bonds. The molecule has 3 aromatic rings. The number of rotatable bonds is 5. The van der Waals surface area contributed by atoms with Crippen molar-refractivity contribution in [3.05, 3.63) is 63.8 Å². The number of aromatic nitrogens is 4. The van der Waals surface area contributed by atoms with Gasteiger partial charge in [0.25, 0.3) is 5.91 Å². The minimum Gasteiger partial charge on any atom is -0.477 e. The van der Waals surface area contributed by atoms with Crippen molar-refractivity contribution >= 4 is 33.6 Å². The molecule has 3 rings (SSSR count). The molecule has 8 nitrogen and oxygen atoms in total. The van der Waals surface area contributed by atoms with Crippen molar-refractivity contribution in [1.29, 1.82) is 0 Å². The largest absolute Gasteiger partial charge is 0.477 e. The Labute approximate surface area is 155 Å². The maximum Gasteiger partial charge on any atom is 0.354 e. The molecule has 0 saturated heterocycles. The van der Waals surface area contributed by atoms with E-state index in [1.165, 1.54) is 24.0 Å². The highest BCUT2D eigenvalue weighted by molar-refractivity contribution is 9.10. The first-order valence-electron chi connectivity index (χ1n) is 7.40. The molecule has 0 spiro atoms. The second kappa shape index (κ2) is 7.08. The van der Waals surface area contributed by atoms with Crippen molar-refractivity contribution in [2.75, 3.05) is 5.32 Å². The third-order valence-corrected chi connectivity index (χ3v) is 4.21. The normalized spacial score (nSPS) is 10.7. The van der Waals surface area contributed by atoms with Crippen LogP contribution in [0.2, 0.25) is 0 Å². The molecular formula is C16H13BrFN5O3. The molecule has 0 aliphatic carbocycles. The van der Waals surface area contributed by atoms with Gasteiger partial charge in [-0.05, 0) is 22.0 Å². The zero-order chi connectivity index (χ0) is 18.8. The molecule has 0 saturated carbocycles. The van der Waals surface area contributed by atoms with Gasteiger partial charge in [0.2, 0.25) is 0 Å². The molecular weight excluding hydrogens is 409 g/mol. The van der Waals surface area contributed by atoms with Crippen LogP contribution in [0.4, 0.5) is 10.2 Å². The summed E-state index contributed by atoms with van der Waals surface area (Å²) in [6.45, 7) is 0.175. The smallest absolute Gasteiger partial charge is 0.354 e. The van der Waals surface area contributed by atoms with Crippen LogP contribution >= 0.6 is 15.9 Å². The average Bonchev–Trinajstić information content (AvgIpc) is 3.13. The maximum atomic E-state index is 13.7. The lowest BCUT2D eigenvalue weighted by Gasteiger charge is -2.04. The van der Waals surface area contributed by atoms with Crippen LogP contribution in [0, 0.1) is 5.82 Å². The molecule has 26 heavy (non-hydrogen) atoms. The number of carboxylic acid groups (broad SMARTS) is 1. The first kappa shape index (κ1) is 17.8. The van der Waals surface area contributed by atoms with Gasteiger partial charge in [0.1, 0.15) is 5.82 Å². The molecule has 0 aliphatic rings. The minimum atomic E-state index is -1.26. The molecule has 0 atom stereocenters. The fourth-order valence-corrected chi connectivity index (χ4v) is 2.81. The Morgan fingerprint density at radius 2 is 2.08 bits per heavy atom. The highest BCUT2D eigenvalue weighted by Crippen LogP contribution is 2.22. The zero-order valence-corrected chi connectivity index (χ0v) is 15.1. The quantitative estimate of drug-likeness (QED) is 0.658. The van der Waals surface area contributed by atoms with E-state index in [0.29, 0.717) is 10.0 Å². The molecule has 2 aromatic heterocycles. The number of carboxylic acids is 1. The van der Waals surface area contributed by atoms with Gasteiger partial charge in [0, 0.05) is 18.8 Å². The van der Waals surface area contributed by atoms with Crippen molar-refractivity contribution in [3.63, 3.8) is 0 Å². The van der Waals surface area contributed by atoms with Crippen molar-refractivity contribution in [2.24, 2.45) is 7.05 Å². The first-order valence-corrected chi connectivity index (χ1v) is 8.19. The average molecular weight is 422 g/mol. The predicted molar refractivity (Wildman–Crippen MR) is 93.5 cm³/mol. The van der Waals surface area contributed by atoms with E-state index in [1.54, 1.807) is 24.4 Å². The Kier molecular flexibility index (Phi) is 4.85. The maximum absolute atomic E-state index is 13.7. The Bertz CT molecular complexity index is 998. The summed E-state index contributed by atoms with van der Waals surface area (Å²) in [6.07, 6.45) is 2.76. The SMILES string of the molecule is Cn1ncc(C(=O)Nc2nn(Cc3ccccc3F)cc2Br)c1C(=O)O. The van der Waals surface area contributed by atoms with Crippen LogP contribution in [0.15, 0.2) is 41.1 Å². The molecule has 1 aromatic carbocycles. The summed E-state index contributed by atoms with van der Waals surface area (Å²) < 4.78 is 16.8. The fourth-order valence-electron chi connectivity index (χ4n) is 2.40. The van der Waals surface area contributed by atoms with Crippen LogP contribution in [-0.4, -0.2) is 36.5 Å². The van der Waals surface area contributed by atoms with E-state index in [1.807, 2.05) is 0 Å². The van der Waals surface area contributed by atoms with Gasteiger partial charge in [0.15, 0.2) is 11.5 Å². The molecule has 2 heterocycles.